The normalized spacial score (nSPS) is 11.4. The third-order valence-corrected chi connectivity index (χ3v) is 9.22. The molecule has 2 heteroatoms. The average molecular weight is 599 g/mol. The number of aromatic nitrogens is 2. The van der Waals surface area contributed by atoms with Crippen molar-refractivity contribution in [1.82, 2.24) is 9.55 Å². The Morgan fingerprint density at radius 2 is 0.787 bits per heavy atom. The van der Waals surface area contributed by atoms with Crippen LogP contribution in [-0.4, -0.2) is 9.55 Å². The van der Waals surface area contributed by atoms with Gasteiger partial charge in [0.2, 0.25) is 0 Å². The fraction of sp³-hybridized carbons (Fsp3) is 0. The second-order valence-electron chi connectivity index (χ2n) is 11.9. The van der Waals surface area contributed by atoms with Gasteiger partial charge in [0, 0.05) is 11.3 Å². The van der Waals surface area contributed by atoms with Gasteiger partial charge in [-0.15, -0.1) is 0 Å². The highest BCUT2D eigenvalue weighted by Gasteiger charge is 2.19. The van der Waals surface area contributed by atoms with Crippen molar-refractivity contribution in [2.24, 2.45) is 0 Å². The van der Waals surface area contributed by atoms with Crippen LogP contribution in [0.4, 0.5) is 0 Å². The molecule has 0 unspecified atom stereocenters. The van der Waals surface area contributed by atoms with Gasteiger partial charge in [-0.1, -0.05) is 158 Å². The van der Waals surface area contributed by atoms with Crippen LogP contribution < -0.4 is 0 Å². The number of nitrogens with zero attached hydrogens (tertiary/aromatic N) is 2. The molecule has 0 aliphatic heterocycles. The van der Waals surface area contributed by atoms with Crippen molar-refractivity contribution >= 4 is 32.6 Å². The highest BCUT2D eigenvalue weighted by Crippen LogP contribution is 2.44. The molecule has 0 saturated carbocycles. The molecule has 8 aromatic carbocycles. The maximum Gasteiger partial charge on any atom is 0.146 e. The Morgan fingerprint density at radius 1 is 0.340 bits per heavy atom. The lowest BCUT2D eigenvalue weighted by atomic mass is 9.86. The summed E-state index contributed by atoms with van der Waals surface area (Å²) in [6.45, 7) is 0. The minimum absolute atomic E-state index is 0.932. The number of hydrogen-bond acceptors (Lipinski definition) is 1. The zero-order valence-corrected chi connectivity index (χ0v) is 25.7. The number of para-hydroxylation sites is 2. The monoisotopic (exact) mass is 598 g/mol. The van der Waals surface area contributed by atoms with Crippen molar-refractivity contribution in [1.29, 1.82) is 0 Å². The predicted molar refractivity (Wildman–Crippen MR) is 198 cm³/mol. The number of benzene rings is 8. The van der Waals surface area contributed by atoms with Gasteiger partial charge in [0.05, 0.1) is 11.0 Å². The molecule has 0 fully saturated rings. The first-order valence-corrected chi connectivity index (χ1v) is 16.1. The topological polar surface area (TPSA) is 17.8 Å². The van der Waals surface area contributed by atoms with Gasteiger partial charge in [-0.25, -0.2) is 4.98 Å². The fourth-order valence-electron chi connectivity index (χ4n) is 7.15. The lowest BCUT2D eigenvalue weighted by Gasteiger charge is -2.18. The van der Waals surface area contributed by atoms with Crippen molar-refractivity contribution in [3.05, 3.63) is 182 Å². The van der Waals surface area contributed by atoms with E-state index in [2.05, 4.69) is 187 Å². The van der Waals surface area contributed by atoms with Gasteiger partial charge in [0.25, 0.3) is 0 Å². The molecule has 0 spiro atoms. The Morgan fingerprint density at radius 3 is 1.38 bits per heavy atom. The molecule has 0 atom stereocenters. The summed E-state index contributed by atoms with van der Waals surface area (Å²) in [4.78, 5) is 5.21. The van der Waals surface area contributed by atoms with E-state index in [1.807, 2.05) is 0 Å². The summed E-state index contributed by atoms with van der Waals surface area (Å²) in [5, 5.41) is 5.03. The molecular formula is C45H30N2. The smallest absolute Gasteiger partial charge is 0.146 e. The van der Waals surface area contributed by atoms with E-state index in [-0.39, 0.29) is 0 Å². The number of hydrogen-bond donors (Lipinski definition) is 0. The van der Waals surface area contributed by atoms with Crippen LogP contribution in [0.15, 0.2) is 182 Å². The van der Waals surface area contributed by atoms with Crippen LogP contribution in [0.25, 0.3) is 83.0 Å². The van der Waals surface area contributed by atoms with E-state index in [9.17, 15) is 0 Å². The molecule has 47 heavy (non-hydrogen) atoms. The summed E-state index contributed by atoms with van der Waals surface area (Å²) in [7, 11) is 0. The summed E-state index contributed by atoms with van der Waals surface area (Å²) in [6, 6.07) is 65.0. The molecule has 1 aromatic heterocycles. The van der Waals surface area contributed by atoms with E-state index in [0.29, 0.717) is 0 Å². The van der Waals surface area contributed by atoms with Gasteiger partial charge < -0.3 is 0 Å². The molecule has 9 rings (SSSR count). The Hall–Kier alpha value is -6.25. The van der Waals surface area contributed by atoms with E-state index in [1.54, 1.807) is 0 Å². The Bertz CT molecular complexity index is 2490. The maximum absolute atomic E-state index is 5.21. The summed E-state index contributed by atoms with van der Waals surface area (Å²) in [6.07, 6.45) is 0. The molecule has 0 saturated heterocycles. The van der Waals surface area contributed by atoms with Crippen LogP contribution in [-0.2, 0) is 0 Å². The van der Waals surface area contributed by atoms with E-state index in [4.69, 9.17) is 4.98 Å². The minimum Gasteiger partial charge on any atom is -0.292 e. The van der Waals surface area contributed by atoms with Crippen molar-refractivity contribution in [2.45, 2.75) is 0 Å². The second-order valence-corrected chi connectivity index (χ2v) is 11.9. The number of fused-ring (bicyclic) bond motifs is 3. The van der Waals surface area contributed by atoms with Crippen LogP contribution in [0, 0.1) is 0 Å². The summed E-state index contributed by atoms with van der Waals surface area (Å²) in [5.41, 5.74) is 11.5. The molecule has 0 radical (unpaired) electrons. The molecule has 0 aliphatic rings. The van der Waals surface area contributed by atoms with Gasteiger partial charge in [-0.2, -0.15) is 0 Å². The van der Waals surface area contributed by atoms with Gasteiger partial charge in [-0.3, -0.25) is 4.57 Å². The lowest BCUT2D eigenvalue weighted by Crippen LogP contribution is -1.99. The third kappa shape index (κ3) is 4.54. The van der Waals surface area contributed by atoms with Crippen LogP contribution in [0.2, 0.25) is 0 Å². The summed E-state index contributed by atoms with van der Waals surface area (Å²) in [5.74, 6) is 0.932. The number of rotatable bonds is 5. The molecule has 0 amide bonds. The largest absolute Gasteiger partial charge is 0.292 e. The molecule has 9 aromatic rings. The van der Waals surface area contributed by atoms with Crippen molar-refractivity contribution in [3.8, 4) is 50.5 Å². The summed E-state index contributed by atoms with van der Waals surface area (Å²) < 4.78 is 2.30. The highest BCUT2D eigenvalue weighted by atomic mass is 15.1. The van der Waals surface area contributed by atoms with Crippen LogP contribution in [0.1, 0.15) is 0 Å². The first kappa shape index (κ1) is 27.1. The molecule has 0 N–H and O–H groups in total. The van der Waals surface area contributed by atoms with Crippen molar-refractivity contribution < 1.29 is 0 Å². The average Bonchev–Trinajstić information content (AvgIpc) is 3.54. The Balaban J connectivity index is 1.25. The Kier molecular flexibility index (Phi) is 6.50. The molecule has 220 valence electrons. The number of imidazole rings is 1. The van der Waals surface area contributed by atoms with Crippen molar-refractivity contribution in [2.75, 3.05) is 0 Å². The lowest BCUT2D eigenvalue weighted by molar-refractivity contribution is 1.10. The summed E-state index contributed by atoms with van der Waals surface area (Å²) >= 11 is 0. The third-order valence-electron chi connectivity index (χ3n) is 9.22. The SMILES string of the molecule is c1ccc(-c2ccccc2-c2nc3ccccc3n2-c2ccc(-c3c4ccccc4c(-c4ccccc4)c4ccccc34)cc2)cc1. The molecule has 2 nitrogen and oxygen atoms in total. The minimum atomic E-state index is 0.932. The fourth-order valence-corrected chi connectivity index (χ4v) is 7.15. The van der Waals surface area contributed by atoms with Crippen LogP contribution >= 0.6 is 0 Å². The van der Waals surface area contributed by atoms with E-state index in [1.165, 1.54) is 49.4 Å². The quantitative estimate of drug-likeness (QED) is 0.180. The molecule has 0 bridgehead atoms. The van der Waals surface area contributed by atoms with Crippen LogP contribution in [0.5, 0.6) is 0 Å². The standard InChI is InChI=1S/C45H30N2/c1-3-15-31(16-4-1)35-19-7-12-24-40(35)45-46-41-25-13-14-26-42(41)47(45)34-29-27-33(28-30-34)44-38-22-10-8-20-36(38)43(32-17-5-2-6-18-32)37-21-9-11-23-39(37)44/h1-30H. The highest BCUT2D eigenvalue weighted by molar-refractivity contribution is 6.21. The molecule has 0 aliphatic carbocycles. The second kappa shape index (κ2) is 11.3. The maximum atomic E-state index is 5.21. The van der Waals surface area contributed by atoms with Gasteiger partial charge >= 0.3 is 0 Å². The van der Waals surface area contributed by atoms with E-state index in [0.717, 1.165) is 33.7 Å². The van der Waals surface area contributed by atoms with Gasteiger partial charge in [-0.05, 0) is 79.2 Å². The van der Waals surface area contributed by atoms with Gasteiger partial charge in [0.1, 0.15) is 5.82 Å². The predicted octanol–water partition coefficient (Wildman–Crippen LogP) is 12.0. The zero-order chi connectivity index (χ0) is 31.2. The molecular weight excluding hydrogens is 569 g/mol. The van der Waals surface area contributed by atoms with E-state index >= 15 is 0 Å². The van der Waals surface area contributed by atoms with Crippen molar-refractivity contribution in [3.63, 3.8) is 0 Å². The first-order chi connectivity index (χ1) is 23.3. The van der Waals surface area contributed by atoms with E-state index < -0.39 is 0 Å². The first-order valence-electron chi connectivity index (χ1n) is 16.1. The molecule has 1 heterocycles. The van der Waals surface area contributed by atoms with Gasteiger partial charge in [0.15, 0.2) is 0 Å². The zero-order valence-electron chi connectivity index (χ0n) is 25.7. The Labute approximate surface area is 273 Å². The van der Waals surface area contributed by atoms with Crippen LogP contribution in [0.3, 0.4) is 0 Å².